The summed E-state index contributed by atoms with van der Waals surface area (Å²) >= 11 is 0. The molecule has 0 aliphatic heterocycles. The Hall–Kier alpha value is -2.76. The van der Waals surface area contributed by atoms with Crippen molar-refractivity contribution >= 4 is 16.9 Å². The quantitative estimate of drug-likeness (QED) is 0.718. The predicted octanol–water partition coefficient (Wildman–Crippen LogP) is 1.65. The van der Waals surface area contributed by atoms with E-state index in [-0.39, 0.29) is 5.69 Å². The van der Waals surface area contributed by atoms with Crippen molar-refractivity contribution in [3.05, 3.63) is 47.0 Å². The molecule has 0 aliphatic carbocycles. The molecule has 0 unspecified atom stereocenters. The fourth-order valence-electron chi connectivity index (χ4n) is 2.14. The molecule has 3 aromatic rings. The number of imidazole rings is 1. The maximum absolute atomic E-state index is 12.0. The second-order valence-electron chi connectivity index (χ2n) is 4.55. The third-order valence-electron chi connectivity index (χ3n) is 3.20. The fourth-order valence-corrected chi connectivity index (χ4v) is 2.14. The number of nitrogens with two attached hydrogens (primary N) is 1. The highest BCUT2D eigenvalue weighted by molar-refractivity contribution is 5.79. The molecule has 6 heteroatoms. The Balaban J connectivity index is 2.15. The highest BCUT2D eigenvalue weighted by Crippen LogP contribution is 2.28. The third-order valence-corrected chi connectivity index (χ3v) is 3.20. The molecule has 0 saturated carbocycles. The van der Waals surface area contributed by atoms with Crippen LogP contribution in [0.5, 0.6) is 11.5 Å². The maximum Gasteiger partial charge on any atom is 0.329 e. The lowest BCUT2D eigenvalue weighted by Gasteiger charge is -2.07. The van der Waals surface area contributed by atoms with Crippen LogP contribution in [0.4, 0.5) is 5.69 Å². The summed E-state index contributed by atoms with van der Waals surface area (Å²) in [5, 5.41) is 0. The number of aryl methyl sites for hydroxylation is 2. The highest BCUT2D eigenvalue weighted by Gasteiger charge is 2.14. The zero-order chi connectivity index (χ0) is 14.3. The van der Waals surface area contributed by atoms with Gasteiger partial charge in [0.2, 0.25) is 0 Å². The number of nitrogen functional groups attached to an aromatic ring is 1. The first-order valence-electron chi connectivity index (χ1n) is 6.12. The first kappa shape index (κ1) is 12.3. The lowest BCUT2D eigenvalue weighted by molar-refractivity contribution is 0.485. The fraction of sp³-hybridized carbons (Fsp3) is 0.143. The summed E-state index contributed by atoms with van der Waals surface area (Å²) in [5.41, 5.74) is 7.43. The Morgan fingerprint density at radius 1 is 1.10 bits per heavy atom. The molecular weight excluding hydrogens is 256 g/mol. The molecule has 0 aliphatic rings. The molecular formula is C14H14N4O2. The third kappa shape index (κ3) is 1.82. The topological polar surface area (TPSA) is 75.1 Å². The van der Waals surface area contributed by atoms with Gasteiger partial charge in [0.1, 0.15) is 11.3 Å². The first-order chi connectivity index (χ1) is 9.58. The van der Waals surface area contributed by atoms with Gasteiger partial charge in [-0.1, -0.05) is 0 Å². The average Bonchev–Trinajstić information content (AvgIpc) is 2.67. The summed E-state index contributed by atoms with van der Waals surface area (Å²) in [6.45, 7) is 0. The molecule has 2 heterocycles. The zero-order valence-corrected chi connectivity index (χ0v) is 11.2. The lowest BCUT2D eigenvalue weighted by Crippen LogP contribution is -2.19. The van der Waals surface area contributed by atoms with Crippen LogP contribution < -0.4 is 16.2 Å². The summed E-state index contributed by atoms with van der Waals surface area (Å²) in [4.78, 5) is 16.2. The molecule has 0 amide bonds. The SMILES string of the molecule is Cn1c(=O)n(C)c2c(Oc3ccc(N)cc3)ccnc21. The molecule has 0 saturated heterocycles. The maximum atomic E-state index is 12.0. The van der Waals surface area contributed by atoms with Crippen LogP contribution in [0.2, 0.25) is 0 Å². The van der Waals surface area contributed by atoms with Gasteiger partial charge in [-0.05, 0) is 24.3 Å². The molecule has 0 spiro atoms. The number of benzene rings is 1. The molecule has 1 aromatic carbocycles. The summed E-state index contributed by atoms with van der Waals surface area (Å²) in [7, 11) is 3.38. The minimum Gasteiger partial charge on any atom is -0.455 e. The second-order valence-corrected chi connectivity index (χ2v) is 4.55. The van der Waals surface area contributed by atoms with Crippen LogP contribution in [0.25, 0.3) is 11.2 Å². The van der Waals surface area contributed by atoms with E-state index in [1.165, 1.54) is 9.13 Å². The summed E-state index contributed by atoms with van der Waals surface area (Å²) in [5.74, 6) is 1.24. The number of anilines is 1. The van der Waals surface area contributed by atoms with Crippen LogP contribution in [0, 0.1) is 0 Å². The Kier molecular flexibility index (Phi) is 2.71. The van der Waals surface area contributed by atoms with Gasteiger partial charge in [-0.15, -0.1) is 0 Å². The van der Waals surface area contributed by atoms with Crippen LogP contribution in [0.15, 0.2) is 41.3 Å². The van der Waals surface area contributed by atoms with E-state index in [9.17, 15) is 4.79 Å². The van der Waals surface area contributed by atoms with Crippen molar-refractivity contribution in [3.63, 3.8) is 0 Å². The standard InChI is InChI=1S/C14H14N4O2/c1-17-12-11(20-10-5-3-9(15)4-6-10)7-8-16-13(12)18(2)14(17)19/h3-8H,15H2,1-2H3. The van der Waals surface area contributed by atoms with Crippen LogP contribution in [0.1, 0.15) is 0 Å². The molecule has 0 radical (unpaired) electrons. The van der Waals surface area contributed by atoms with E-state index in [0.29, 0.717) is 28.4 Å². The zero-order valence-electron chi connectivity index (χ0n) is 11.2. The van der Waals surface area contributed by atoms with Crippen molar-refractivity contribution in [1.29, 1.82) is 0 Å². The number of hydrogen-bond donors (Lipinski definition) is 1. The predicted molar refractivity (Wildman–Crippen MR) is 76.9 cm³/mol. The van der Waals surface area contributed by atoms with Crippen molar-refractivity contribution in [1.82, 2.24) is 14.1 Å². The van der Waals surface area contributed by atoms with Gasteiger partial charge in [0, 0.05) is 32.0 Å². The van der Waals surface area contributed by atoms with Gasteiger partial charge >= 0.3 is 5.69 Å². The van der Waals surface area contributed by atoms with Crippen LogP contribution in [-0.4, -0.2) is 14.1 Å². The molecule has 2 aromatic heterocycles. The van der Waals surface area contributed by atoms with E-state index in [4.69, 9.17) is 10.5 Å². The van der Waals surface area contributed by atoms with E-state index in [1.807, 2.05) is 0 Å². The van der Waals surface area contributed by atoms with Gasteiger partial charge in [-0.2, -0.15) is 0 Å². The normalized spacial score (nSPS) is 10.9. The molecule has 3 rings (SSSR count). The minimum absolute atomic E-state index is 0.138. The number of ether oxygens (including phenoxy) is 1. The van der Waals surface area contributed by atoms with E-state index in [2.05, 4.69) is 4.98 Å². The minimum atomic E-state index is -0.138. The van der Waals surface area contributed by atoms with E-state index >= 15 is 0 Å². The second kappa shape index (κ2) is 4.41. The Morgan fingerprint density at radius 2 is 1.80 bits per heavy atom. The Labute approximate surface area is 115 Å². The number of rotatable bonds is 2. The lowest BCUT2D eigenvalue weighted by atomic mass is 10.3. The molecule has 102 valence electrons. The van der Waals surface area contributed by atoms with Crippen molar-refractivity contribution in [2.24, 2.45) is 14.1 Å². The smallest absolute Gasteiger partial charge is 0.329 e. The Bertz CT molecular complexity index is 831. The van der Waals surface area contributed by atoms with Crippen molar-refractivity contribution in [3.8, 4) is 11.5 Å². The molecule has 0 bridgehead atoms. The Morgan fingerprint density at radius 3 is 2.50 bits per heavy atom. The van der Waals surface area contributed by atoms with Gasteiger partial charge in [-0.25, -0.2) is 9.78 Å². The largest absolute Gasteiger partial charge is 0.455 e. The van der Waals surface area contributed by atoms with Crippen LogP contribution in [-0.2, 0) is 14.1 Å². The summed E-state index contributed by atoms with van der Waals surface area (Å²) in [6.07, 6.45) is 1.62. The molecule has 0 atom stereocenters. The van der Waals surface area contributed by atoms with Crippen molar-refractivity contribution < 1.29 is 4.74 Å². The number of aromatic nitrogens is 3. The summed E-state index contributed by atoms with van der Waals surface area (Å²) < 4.78 is 8.84. The molecule has 2 N–H and O–H groups in total. The first-order valence-corrected chi connectivity index (χ1v) is 6.12. The number of hydrogen-bond acceptors (Lipinski definition) is 4. The number of nitrogens with zero attached hydrogens (tertiary/aromatic N) is 3. The van der Waals surface area contributed by atoms with Gasteiger partial charge in [-0.3, -0.25) is 9.13 Å². The molecule has 0 fully saturated rings. The number of fused-ring (bicyclic) bond motifs is 1. The monoisotopic (exact) mass is 270 g/mol. The van der Waals surface area contributed by atoms with Crippen LogP contribution in [0.3, 0.4) is 0 Å². The van der Waals surface area contributed by atoms with Gasteiger partial charge in [0.15, 0.2) is 11.4 Å². The highest BCUT2D eigenvalue weighted by atomic mass is 16.5. The van der Waals surface area contributed by atoms with Gasteiger partial charge in [0.25, 0.3) is 0 Å². The molecule has 6 nitrogen and oxygen atoms in total. The molecule has 20 heavy (non-hydrogen) atoms. The van der Waals surface area contributed by atoms with Crippen molar-refractivity contribution in [2.75, 3.05) is 5.73 Å². The van der Waals surface area contributed by atoms with E-state index in [1.54, 1.807) is 50.6 Å². The van der Waals surface area contributed by atoms with Gasteiger partial charge in [0.05, 0.1) is 0 Å². The number of pyridine rings is 1. The average molecular weight is 270 g/mol. The van der Waals surface area contributed by atoms with E-state index < -0.39 is 0 Å². The summed E-state index contributed by atoms with van der Waals surface area (Å²) in [6, 6.07) is 8.82. The van der Waals surface area contributed by atoms with Crippen LogP contribution >= 0.6 is 0 Å². The van der Waals surface area contributed by atoms with Crippen molar-refractivity contribution in [2.45, 2.75) is 0 Å². The van der Waals surface area contributed by atoms with Gasteiger partial charge < -0.3 is 10.5 Å². The van der Waals surface area contributed by atoms with E-state index in [0.717, 1.165) is 0 Å².